The molecule has 0 aromatic carbocycles. The molecule has 9 heteroatoms. The van der Waals surface area contributed by atoms with E-state index in [9.17, 15) is 19.2 Å². The summed E-state index contributed by atoms with van der Waals surface area (Å²) in [5.74, 6) is -1.91. The van der Waals surface area contributed by atoms with Gasteiger partial charge >= 0.3 is 12.0 Å². The number of urea groups is 1. The molecule has 2 aliphatic rings. The van der Waals surface area contributed by atoms with Crippen molar-refractivity contribution in [3.05, 3.63) is 0 Å². The van der Waals surface area contributed by atoms with Crippen molar-refractivity contribution in [1.29, 1.82) is 0 Å². The summed E-state index contributed by atoms with van der Waals surface area (Å²) in [6.45, 7) is 1.23. The molecule has 128 valence electrons. The van der Waals surface area contributed by atoms with Gasteiger partial charge < -0.3 is 14.8 Å². The van der Waals surface area contributed by atoms with Crippen LogP contribution in [0.15, 0.2) is 0 Å². The molecule has 2 N–H and O–H groups in total. The Morgan fingerprint density at radius 1 is 1.22 bits per heavy atom. The van der Waals surface area contributed by atoms with Crippen LogP contribution in [-0.2, 0) is 23.9 Å². The average Bonchev–Trinajstić information content (AvgIpc) is 2.76. The summed E-state index contributed by atoms with van der Waals surface area (Å²) in [6, 6.07) is -0.661. The Morgan fingerprint density at radius 2 is 1.91 bits per heavy atom. The van der Waals surface area contributed by atoms with Gasteiger partial charge in [-0.1, -0.05) is 19.3 Å². The molecule has 9 nitrogen and oxygen atoms in total. The highest BCUT2D eigenvalue weighted by atomic mass is 16.6. The smallest absolute Gasteiger partial charge is 0.344 e. The maximum atomic E-state index is 12.4. The minimum Gasteiger partial charge on any atom is -0.454 e. The summed E-state index contributed by atoms with van der Waals surface area (Å²) < 4.78 is 9.51. The fourth-order valence-electron chi connectivity index (χ4n) is 2.75. The molecule has 1 aliphatic heterocycles. The first-order valence-electron chi connectivity index (χ1n) is 7.68. The molecular weight excluding hydrogens is 306 g/mol. The highest BCUT2D eigenvalue weighted by Gasteiger charge is 2.52. The fourth-order valence-corrected chi connectivity index (χ4v) is 2.75. The van der Waals surface area contributed by atoms with Crippen molar-refractivity contribution in [2.75, 3.05) is 19.8 Å². The number of amides is 4. The zero-order valence-electron chi connectivity index (χ0n) is 13.1. The van der Waals surface area contributed by atoms with Crippen LogP contribution in [0.5, 0.6) is 0 Å². The number of rotatable bonds is 6. The van der Waals surface area contributed by atoms with Gasteiger partial charge in [0.2, 0.25) is 0 Å². The maximum absolute atomic E-state index is 12.4. The Hall–Kier alpha value is -2.16. The van der Waals surface area contributed by atoms with Crippen LogP contribution in [0.1, 0.15) is 39.0 Å². The number of ether oxygens (including phenoxy) is 2. The second-order valence-electron chi connectivity index (χ2n) is 5.55. The average molecular weight is 327 g/mol. The minimum atomic E-state index is -0.908. The van der Waals surface area contributed by atoms with Crippen LogP contribution in [0.2, 0.25) is 0 Å². The largest absolute Gasteiger partial charge is 0.454 e. The van der Waals surface area contributed by atoms with E-state index in [2.05, 4.69) is 15.5 Å². The third kappa shape index (κ3) is 3.98. The number of carbonyl (C=O) groups excluding carboxylic acids is 4. The monoisotopic (exact) mass is 327 g/mol. The van der Waals surface area contributed by atoms with Crippen LogP contribution >= 0.6 is 0 Å². The van der Waals surface area contributed by atoms with E-state index in [4.69, 9.17) is 4.74 Å². The molecule has 0 aromatic rings. The van der Waals surface area contributed by atoms with Crippen LogP contribution < -0.4 is 10.7 Å². The molecular formula is C14H21N3O6. The Balaban J connectivity index is 1.85. The van der Waals surface area contributed by atoms with E-state index in [-0.39, 0.29) is 6.61 Å². The summed E-state index contributed by atoms with van der Waals surface area (Å²) in [7, 11) is 0. The lowest BCUT2D eigenvalue weighted by molar-refractivity contribution is -0.154. The number of hydrogen-bond acceptors (Lipinski definition) is 6. The third-order valence-corrected chi connectivity index (χ3v) is 3.89. The number of nitrogens with one attached hydrogen (secondary N) is 2. The van der Waals surface area contributed by atoms with Gasteiger partial charge in [0.25, 0.3) is 11.8 Å². The zero-order valence-corrected chi connectivity index (χ0v) is 13.1. The van der Waals surface area contributed by atoms with Gasteiger partial charge in [-0.3, -0.25) is 15.0 Å². The predicted octanol–water partition coefficient (Wildman–Crippen LogP) is -0.148. The summed E-state index contributed by atoms with van der Waals surface area (Å²) in [5.41, 5.74) is 1.27. The van der Waals surface area contributed by atoms with Gasteiger partial charge in [-0.25, -0.2) is 9.59 Å². The van der Waals surface area contributed by atoms with Crippen molar-refractivity contribution in [3.63, 3.8) is 0 Å². The number of carbonyl (C=O) groups is 4. The normalized spacial score (nSPS) is 19.6. The highest BCUT2D eigenvalue weighted by molar-refractivity contribution is 6.08. The maximum Gasteiger partial charge on any atom is 0.344 e. The molecule has 0 bridgehead atoms. The Morgan fingerprint density at radius 3 is 2.57 bits per heavy atom. The molecule has 0 atom stereocenters. The van der Waals surface area contributed by atoms with Gasteiger partial charge in [-0.05, 0) is 19.8 Å². The van der Waals surface area contributed by atoms with Crippen molar-refractivity contribution >= 4 is 23.8 Å². The molecule has 1 aliphatic carbocycles. The van der Waals surface area contributed by atoms with Gasteiger partial charge in [0.1, 0.15) is 12.1 Å². The van der Waals surface area contributed by atoms with Gasteiger partial charge in [-0.2, -0.15) is 5.01 Å². The van der Waals surface area contributed by atoms with Crippen molar-refractivity contribution in [2.24, 2.45) is 0 Å². The molecule has 1 saturated carbocycles. The highest BCUT2D eigenvalue weighted by Crippen LogP contribution is 2.32. The lowest BCUT2D eigenvalue weighted by Crippen LogP contribution is -2.51. The standard InChI is InChI=1S/C14H21N3O6/c1-2-22-9-11(19)23-8-10(18)16-17-12(20)14(15-13(17)21)6-4-3-5-7-14/h2-9H2,1H3,(H,15,21)(H,16,18). The van der Waals surface area contributed by atoms with E-state index in [0.29, 0.717) is 24.5 Å². The third-order valence-electron chi connectivity index (χ3n) is 3.89. The van der Waals surface area contributed by atoms with Crippen LogP contribution in [0.25, 0.3) is 0 Å². The van der Waals surface area contributed by atoms with E-state index < -0.39 is 36.0 Å². The van der Waals surface area contributed by atoms with Crippen LogP contribution in [0.3, 0.4) is 0 Å². The summed E-state index contributed by atoms with van der Waals surface area (Å²) in [5, 5.41) is 3.33. The quantitative estimate of drug-likeness (QED) is 0.518. The topological polar surface area (TPSA) is 114 Å². The van der Waals surface area contributed by atoms with Crippen LogP contribution in [-0.4, -0.2) is 54.2 Å². The molecule has 0 aromatic heterocycles. The van der Waals surface area contributed by atoms with Gasteiger partial charge in [0, 0.05) is 6.61 Å². The Bertz CT molecular complexity index is 501. The number of hydrazine groups is 1. The van der Waals surface area contributed by atoms with Crippen LogP contribution in [0, 0.1) is 0 Å². The number of hydrogen-bond donors (Lipinski definition) is 2. The number of esters is 1. The predicted molar refractivity (Wildman–Crippen MR) is 76.8 cm³/mol. The van der Waals surface area contributed by atoms with Gasteiger partial charge in [0.15, 0.2) is 6.61 Å². The molecule has 23 heavy (non-hydrogen) atoms. The molecule has 1 spiro atoms. The first-order chi connectivity index (χ1) is 11.0. The van der Waals surface area contributed by atoms with Crippen molar-refractivity contribution in [2.45, 2.75) is 44.6 Å². The second-order valence-corrected chi connectivity index (χ2v) is 5.55. The molecule has 0 unspecified atom stereocenters. The molecule has 2 fully saturated rings. The number of imide groups is 1. The molecule has 2 rings (SSSR count). The number of nitrogens with zero attached hydrogens (tertiary/aromatic N) is 1. The Kier molecular flexibility index (Phi) is 5.54. The SMILES string of the molecule is CCOCC(=O)OCC(=O)NN1C(=O)NC2(CCCCC2)C1=O. The van der Waals surface area contributed by atoms with E-state index in [1.165, 1.54) is 0 Å². The second kappa shape index (κ2) is 7.40. The molecule has 0 radical (unpaired) electrons. The first kappa shape index (κ1) is 17.2. The van der Waals surface area contributed by atoms with E-state index in [0.717, 1.165) is 19.3 Å². The lowest BCUT2D eigenvalue weighted by atomic mass is 9.82. The van der Waals surface area contributed by atoms with Crippen molar-refractivity contribution in [3.8, 4) is 0 Å². The lowest BCUT2D eigenvalue weighted by Gasteiger charge is -2.30. The van der Waals surface area contributed by atoms with E-state index in [1.54, 1.807) is 6.92 Å². The molecule has 4 amide bonds. The first-order valence-corrected chi connectivity index (χ1v) is 7.68. The van der Waals surface area contributed by atoms with Crippen LogP contribution in [0.4, 0.5) is 4.79 Å². The molecule has 1 heterocycles. The van der Waals surface area contributed by atoms with Gasteiger partial charge in [0.05, 0.1) is 0 Å². The Labute approximate surface area is 133 Å². The van der Waals surface area contributed by atoms with Crippen molar-refractivity contribution < 1.29 is 28.7 Å². The zero-order chi connectivity index (χ0) is 16.9. The molecule has 1 saturated heterocycles. The summed E-state index contributed by atoms with van der Waals surface area (Å²) in [4.78, 5) is 47.3. The van der Waals surface area contributed by atoms with E-state index >= 15 is 0 Å². The summed E-state index contributed by atoms with van der Waals surface area (Å²) in [6.07, 6.45) is 3.85. The minimum absolute atomic E-state index is 0.254. The van der Waals surface area contributed by atoms with E-state index in [1.807, 2.05) is 0 Å². The summed E-state index contributed by atoms with van der Waals surface area (Å²) >= 11 is 0. The van der Waals surface area contributed by atoms with Gasteiger partial charge in [-0.15, -0.1) is 0 Å². The van der Waals surface area contributed by atoms with Crippen molar-refractivity contribution in [1.82, 2.24) is 15.8 Å². The fraction of sp³-hybridized carbons (Fsp3) is 0.714.